The molecule has 1 fully saturated rings. The van der Waals surface area contributed by atoms with Gasteiger partial charge in [0.15, 0.2) is 0 Å². The Balaban J connectivity index is 2.07. The summed E-state index contributed by atoms with van der Waals surface area (Å²) in [7, 11) is 4.78. The van der Waals surface area contributed by atoms with E-state index >= 15 is 0 Å². The van der Waals surface area contributed by atoms with Crippen molar-refractivity contribution in [2.75, 3.05) is 18.0 Å². The molecule has 1 amide bonds. The molecule has 0 aromatic heterocycles. The third kappa shape index (κ3) is 3.37. The molecule has 0 bridgehead atoms. The molecule has 2 radical (unpaired) electrons. The maximum Gasteiger partial charge on any atom is 0.414 e. The van der Waals surface area contributed by atoms with Crippen molar-refractivity contribution in [2.45, 2.75) is 6.10 Å². The molecule has 98 valence electrons. The first-order valence-corrected chi connectivity index (χ1v) is 6.46. The quantitative estimate of drug-likeness (QED) is 0.350. The first-order valence-electron chi connectivity index (χ1n) is 5.39. The molecule has 8 heteroatoms. The molecular formula is C11H9BFIN2O3. The number of benzene rings is 1. The molecule has 0 unspecified atom stereocenters. The Bertz CT molecular complexity index is 515. The lowest BCUT2D eigenvalue weighted by Gasteiger charge is -2.13. The highest BCUT2D eigenvalue weighted by atomic mass is 127. The standard InChI is InChI=1S/C11H9BFIN2O3/c12-18-6-15-4-8-5-16(11(17)19-8)7-1-2-10(14)9(13)3-7/h1-3,6,8H,4-5H2/t8-/m0/s1. The third-order valence-electron chi connectivity index (χ3n) is 2.53. The third-order valence-corrected chi connectivity index (χ3v) is 3.41. The van der Waals surface area contributed by atoms with E-state index in [2.05, 4.69) is 9.65 Å². The maximum absolute atomic E-state index is 13.5. The van der Waals surface area contributed by atoms with Gasteiger partial charge in [0.25, 0.3) is 0 Å². The van der Waals surface area contributed by atoms with Gasteiger partial charge in [-0.2, -0.15) is 0 Å². The molecule has 1 aliphatic heterocycles. The van der Waals surface area contributed by atoms with Gasteiger partial charge in [-0.3, -0.25) is 9.89 Å². The zero-order chi connectivity index (χ0) is 13.8. The van der Waals surface area contributed by atoms with Gasteiger partial charge in [0.1, 0.15) is 18.3 Å². The summed E-state index contributed by atoms with van der Waals surface area (Å²) in [6, 6.07) is 4.57. The van der Waals surface area contributed by atoms with E-state index in [1.54, 1.807) is 12.1 Å². The second-order valence-electron chi connectivity index (χ2n) is 3.82. The SMILES string of the molecule is [B]OC=NC[C@H]1CN(c2ccc(I)c(F)c2)C(=O)O1. The highest BCUT2D eigenvalue weighted by molar-refractivity contribution is 14.1. The molecule has 5 nitrogen and oxygen atoms in total. The number of carbonyl (C=O) groups is 1. The van der Waals surface area contributed by atoms with Crippen LogP contribution in [0.3, 0.4) is 0 Å². The number of rotatable bonds is 4. The molecule has 1 atom stereocenters. The van der Waals surface area contributed by atoms with Crippen molar-refractivity contribution in [3.63, 3.8) is 0 Å². The zero-order valence-electron chi connectivity index (χ0n) is 9.75. The maximum atomic E-state index is 13.5. The minimum Gasteiger partial charge on any atom is -0.560 e. The second-order valence-corrected chi connectivity index (χ2v) is 4.98. The monoisotopic (exact) mass is 374 g/mol. The average molecular weight is 374 g/mol. The number of hydrogen-bond acceptors (Lipinski definition) is 4. The number of hydrogen-bond donors (Lipinski definition) is 0. The van der Waals surface area contributed by atoms with Gasteiger partial charge in [-0.1, -0.05) is 0 Å². The fourth-order valence-electron chi connectivity index (χ4n) is 1.68. The number of ether oxygens (including phenoxy) is 1. The van der Waals surface area contributed by atoms with Crippen LogP contribution >= 0.6 is 22.6 Å². The number of nitrogens with zero attached hydrogens (tertiary/aromatic N) is 2. The molecule has 19 heavy (non-hydrogen) atoms. The number of carbonyl (C=O) groups excluding carboxylic acids is 1. The summed E-state index contributed by atoms with van der Waals surface area (Å²) in [6.45, 7) is 0.549. The topological polar surface area (TPSA) is 51.1 Å². The van der Waals surface area contributed by atoms with E-state index in [0.717, 1.165) is 6.40 Å². The molecule has 1 aromatic rings. The molecule has 0 saturated carbocycles. The number of halogens is 2. The fourth-order valence-corrected chi connectivity index (χ4v) is 2.02. The number of aliphatic imine (C=N–C) groups is 1. The molecular weight excluding hydrogens is 365 g/mol. The van der Waals surface area contributed by atoms with E-state index in [1.807, 2.05) is 22.6 Å². The Morgan fingerprint density at radius 3 is 3.16 bits per heavy atom. The van der Waals surface area contributed by atoms with Crippen molar-refractivity contribution < 1.29 is 18.6 Å². The number of cyclic esters (lactones) is 1. The van der Waals surface area contributed by atoms with Crippen molar-refractivity contribution in [3.8, 4) is 0 Å². The summed E-state index contributed by atoms with van der Waals surface area (Å²) in [5.41, 5.74) is 0.462. The van der Waals surface area contributed by atoms with Crippen molar-refractivity contribution in [1.82, 2.24) is 0 Å². The average Bonchev–Trinajstić information content (AvgIpc) is 2.74. The summed E-state index contributed by atoms with van der Waals surface area (Å²) in [5.74, 6) is -0.371. The van der Waals surface area contributed by atoms with Crippen LogP contribution in [-0.2, 0) is 9.39 Å². The summed E-state index contributed by atoms with van der Waals surface area (Å²) < 4.78 is 23.2. The van der Waals surface area contributed by atoms with Gasteiger partial charge in [0.2, 0.25) is 0 Å². The summed E-state index contributed by atoms with van der Waals surface area (Å²) >= 11 is 1.88. The largest absolute Gasteiger partial charge is 0.560 e. The van der Waals surface area contributed by atoms with Crippen molar-refractivity contribution in [2.24, 2.45) is 4.99 Å². The lowest BCUT2D eigenvalue weighted by Crippen LogP contribution is -2.25. The van der Waals surface area contributed by atoms with E-state index in [4.69, 9.17) is 12.8 Å². The van der Waals surface area contributed by atoms with Crippen LogP contribution in [0.1, 0.15) is 0 Å². The highest BCUT2D eigenvalue weighted by Crippen LogP contribution is 2.24. The summed E-state index contributed by atoms with van der Waals surface area (Å²) in [6.07, 6.45) is 0.150. The fraction of sp³-hybridized carbons (Fsp3) is 0.273. The normalized spacial score (nSPS) is 18.9. The first-order chi connectivity index (χ1) is 9.11. The smallest absolute Gasteiger partial charge is 0.414 e. The van der Waals surface area contributed by atoms with E-state index in [-0.39, 0.29) is 12.4 Å². The first kappa shape index (κ1) is 14.1. The van der Waals surface area contributed by atoms with Crippen LogP contribution in [0.5, 0.6) is 0 Å². The zero-order valence-corrected chi connectivity index (χ0v) is 11.9. The minimum absolute atomic E-state index is 0.242. The Morgan fingerprint density at radius 1 is 1.68 bits per heavy atom. The van der Waals surface area contributed by atoms with E-state index in [1.165, 1.54) is 11.0 Å². The molecule has 0 aliphatic carbocycles. The lowest BCUT2D eigenvalue weighted by molar-refractivity contribution is 0.145. The lowest BCUT2D eigenvalue weighted by atomic mass is 10.2. The van der Waals surface area contributed by atoms with Gasteiger partial charge >= 0.3 is 14.1 Å². The molecule has 1 saturated heterocycles. The van der Waals surface area contributed by atoms with Crippen LogP contribution < -0.4 is 4.90 Å². The van der Waals surface area contributed by atoms with Gasteiger partial charge in [-0.25, -0.2) is 9.18 Å². The Kier molecular flexibility index (Phi) is 4.62. The molecule has 2 rings (SSSR count). The highest BCUT2D eigenvalue weighted by Gasteiger charge is 2.32. The Morgan fingerprint density at radius 2 is 2.47 bits per heavy atom. The predicted molar refractivity (Wildman–Crippen MR) is 76.9 cm³/mol. The van der Waals surface area contributed by atoms with Crippen LogP contribution in [0.2, 0.25) is 0 Å². The van der Waals surface area contributed by atoms with E-state index < -0.39 is 12.2 Å². The van der Waals surface area contributed by atoms with Gasteiger partial charge < -0.3 is 9.39 Å². The minimum atomic E-state index is -0.519. The summed E-state index contributed by atoms with van der Waals surface area (Å²) in [4.78, 5) is 16.9. The van der Waals surface area contributed by atoms with Crippen LogP contribution in [-0.4, -0.2) is 39.7 Å². The Hall–Kier alpha value is -1.32. The van der Waals surface area contributed by atoms with Crippen LogP contribution in [0, 0.1) is 9.39 Å². The summed E-state index contributed by atoms with van der Waals surface area (Å²) in [5, 5.41) is 0. The van der Waals surface area contributed by atoms with Gasteiger partial charge in [0.05, 0.1) is 18.8 Å². The van der Waals surface area contributed by atoms with Gasteiger partial charge in [-0.15, -0.1) is 0 Å². The molecule has 1 aliphatic rings. The van der Waals surface area contributed by atoms with Crippen LogP contribution in [0.25, 0.3) is 0 Å². The van der Waals surface area contributed by atoms with Gasteiger partial charge in [-0.05, 0) is 40.8 Å². The molecule has 0 spiro atoms. The number of amides is 1. The second kappa shape index (κ2) is 6.22. The van der Waals surface area contributed by atoms with Crippen LogP contribution in [0.15, 0.2) is 23.2 Å². The van der Waals surface area contributed by atoms with E-state index in [0.29, 0.717) is 15.8 Å². The van der Waals surface area contributed by atoms with Crippen molar-refractivity contribution >= 4 is 48.8 Å². The molecule has 0 N–H and O–H groups in total. The number of anilines is 1. The van der Waals surface area contributed by atoms with Crippen molar-refractivity contribution in [3.05, 3.63) is 27.6 Å². The molecule has 1 aromatic carbocycles. The van der Waals surface area contributed by atoms with Gasteiger partial charge in [0, 0.05) is 3.57 Å². The van der Waals surface area contributed by atoms with Crippen molar-refractivity contribution in [1.29, 1.82) is 0 Å². The Labute approximate surface area is 124 Å². The predicted octanol–water partition coefficient (Wildman–Crippen LogP) is 1.88. The van der Waals surface area contributed by atoms with E-state index in [9.17, 15) is 9.18 Å². The molecule has 1 heterocycles. The van der Waals surface area contributed by atoms with Crippen LogP contribution in [0.4, 0.5) is 14.9 Å².